The van der Waals surface area contributed by atoms with E-state index in [1.165, 1.54) is 19.3 Å². The number of hydrogen-bond donors (Lipinski definition) is 0. The van der Waals surface area contributed by atoms with Crippen molar-refractivity contribution in [3.63, 3.8) is 0 Å². The van der Waals surface area contributed by atoms with E-state index in [-0.39, 0.29) is 17.8 Å². The molecular weight excluding hydrogens is 354 g/mol. The molecule has 0 saturated heterocycles. The van der Waals surface area contributed by atoms with Gasteiger partial charge in [-0.25, -0.2) is 4.98 Å². The Morgan fingerprint density at radius 3 is 2.39 bits per heavy atom. The van der Waals surface area contributed by atoms with E-state index in [9.17, 15) is 9.59 Å². The Morgan fingerprint density at radius 2 is 1.82 bits per heavy atom. The highest BCUT2D eigenvalue weighted by molar-refractivity contribution is 5.84. The summed E-state index contributed by atoms with van der Waals surface area (Å²) in [6, 6.07) is 0. The van der Waals surface area contributed by atoms with Crippen LogP contribution in [-0.4, -0.2) is 46.0 Å². The molecule has 0 radical (unpaired) electrons. The summed E-state index contributed by atoms with van der Waals surface area (Å²) in [6.45, 7) is 4.22. The fourth-order valence-electron chi connectivity index (χ4n) is 6.35. The van der Waals surface area contributed by atoms with E-state index in [1.807, 2.05) is 28.9 Å². The van der Waals surface area contributed by atoms with Crippen LogP contribution in [0.15, 0.2) is 18.7 Å². The number of nitrogens with zero attached hydrogens (tertiary/aromatic N) is 3. The smallest absolute Gasteiger partial charge is 0.307 e. The number of aryl methyl sites for hydroxylation is 1. The Bertz CT molecular complexity index is 650. The minimum Gasteiger partial charge on any atom is -0.466 e. The Morgan fingerprint density at radius 1 is 1.14 bits per heavy atom. The highest BCUT2D eigenvalue weighted by Gasteiger charge is 2.55. The summed E-state index contributed by atoms with van der Waals surface area (Å²) in [5.41, 5.74) is -0.154. The van der Waals surface area contributed by atoms with Gasteiger partial charge in [0.25, 0.3) is 0 Å². The van der Waals surface area contributed by atoms with Crippen molar-refractivity contribution in [1.29, 1.82) is 0 Å². The first-order valence-corrected chi connectivity index (χ1v) is 11.0. The maximum atomic E-state index is 13.7. The number of carbonyl (C=O) groups is 2. The number of imidazole rings is 1. The minimum absolute atomic E-state index is 0.154. The summed E-state index contributed by atoms with van der Waals surface area (Å²) >= 11 is 0. The third-order valence-corrected chi connectivity index (χ3v) is 7.07. The molecule has 5 rings (SSSR count). The van der Waals surface area contributed by atoms with Crippen molar-refractivity contribution in [2.75, 3.05) is 19.7 Å². The van der Waals surface area contributed by atoms with Crippen molar-refractivity contribution >= 4 is 11.9 Å². The van der Waals surface area contributed by atoms with E-state index in [0.717, 1.165) is 50.0 Å². The van der Waals surface area contributed by atoms with Gasteiger partial charge in [-0.3, -0.25) is 9.59 Å². The summed E-state index contributed by atoms with van der Waals surface area (Å²) < 4.78 is 7.14. The van der Waals surface area contributed by atoms with Crippen molar-refractivity contribution in [2.24, 2.45) is 23.2 Å². The molecule has 4 fully saturated rings. The van der Waals surface area contributed by atoms with E-state index in [1.54, 1.807) is 6.20 Å². The first kappa shape index (κ1) is 19.5. The van der Waals surface area contributed by atoms with E-state index in [4.69, 9.17) is 4.74 Å². The van der Waals surface area contributed by atoms with Crippen LogP contribution in [0, 0.1) is 23.2 Å². The first-order chi connectivity index (χ1) is 13.6. The average Bonchev–Trinajstić information content (AvgIpc) is 3.16. The molecule has 154 valence electrons. The summed E-state index contributed by atoms with van der Waals surface area (Å²) in [4.78, 5) is 31.7. The van der Waals surface area contributed by atoms with E-state index >= 15 is 0 Å². The van der Waals surface area contributed by atoms with E-state index < -0.39 is 0 Å². The number of rotatable bonds is 9. The maximum Gasteiger partial charge on any atom is 0.307 e. The van der Waals surface area contributed by atoms with Gasteiger partial charge in [-0.05, 0) is 69.6 Å². The minimum atomic E-state index is -0.208. The SMILES string of the molecule is CCOC(=O)CCN(CCCn1ccnc1)C(=O)C12CC3CC(CC(C3)C1)C2. The highest BCUT2D eigenvalue weighted by atomic mass is 16.5. The van der Waals surface area contributed by atoms with Gasteiger partial charge in [0.05, 0.1) is 24.8 Å². The Kier molecular flexibility index (Phi) is 5.74. The lowest BCUT2D eigenvalue weighted by atomic mass is 9.49. The highest BCUT2D eigenvalue weighted by Crippen LogP contribution is 2.60. The van der Waals surface area contributed by atoms with E-state index in [0.29, 0.717) is 25.6 Å². The Hall–Kier alpha value is -1.85. The molecule has 4 saturated carbocycles. The molecule has 6 nitrogen and oxygen atoms in total. The molecule has 1 aromatic heterocycles. The van der Waals surface area contributed by atoms with E-state index in [2.05, 4.69) is 4.98 Å². The lowest BCUT2D eigenvalue weighted by molar-refractivity contribution is -0.158. The first-order valence-electron chi connectivity index (χ1n) is 11.0. The van der Waals surface area contributed by atoms with Crippen LogP contribution in [0.25, 0.3) is 0 Å². The van der Waals surface area contributed by atoms with Crippen LogP contribution in [0.4, 0.5) is 0 Å². The fourth-order valence-corrected chi connectivity index (χ4v) is 6.35. The second kappa shape index (κ2) is 8.26. The molecule has 0 unspecified atom stereocenters. The van der Waals surface area contributed by atoms with Gasteiger partial charge in [0.2, 0.25) is 5.91 Å². The molecule has 4 aliphatic carbocycles. The number of amides is 1. The van der Waals surface area contributed by atoms with Crippen LogP contribution in [-0.2, 0) is 20.9 Å². The lowest BCUT2D eigenvalue weighted by Crippen LogP contribution is -2.55. The molecular formula is C22H33N3O3. The molecule has 0 atom stereocenters. The summed E-state index contributed by atoms with van der Waals surface area (Å²) in [7, 11) is 0. The van der Waals surface area contributed by atoms with Crippen molar-refractivity contribution in [2.45, 2.75) is 64.8 Å². The lowest BCUT2D eigenvalue weighted by Gasteiger charge is -2.56. The normalized spacial score (nSPS) is 30.4. The molecule has 1 heterocycles. The fraction of sp³-hybridized carbons (Fsp3) is 0.773. The molecule has 4 aliphatic rings. The molecule has 1 aromatic rings. The van der Waals surface area contributed by atoms with Crippen LogP contribution < -0.4 is 0 Å². The van der Waals surface area contributed by atoms with Gasteiger partial charge < -0.3 is 14.2 Å². The molecule has 6 heteroatoms. The topological polar surface area (TPSA) is 64.4 Å². The second-order valence-corrected chi connectivity index (χ2v) is 9.20. The largest absolute Gasteiger partial charge is 0.466 e. The van der Waals surface area contributed by atoms with Crippen LogP contribution in [0.3, 0.4) is 0 Å². The van der Waals surface area contributed by atoms with Crippen LogP contribution in [0.1, 0.15) is 58.3 Å². The van der Waals surface area contributed by atoms with Crippen LogP contribution in [0.2, 0.25) is 0 Å². The Labute approximate surface area is 167 Å². The van der Waals surface area contributed by atoms with Crippen LogP contribution in [0.5, 0.6) is 0 Å². The van der Waals surface area contributed by atoms with Gasteiger partial charge >= 0.3 is 5.97 Å². The predicted octanol–water partition coefficient (Wildman–Crippen LogP) is 3.27. The quantitative estimate of drug-likeness (QED) is 0.610. The standard InChI is InChI=1S/C22H33N3O3/c1-2-28-20(26)4-8-25(7-3-6-24-9-5-23-16-24)21(27)22-13-17-10-18(14-22)12-19(11-17)15-22/h5,9,16-19H,2-4,6-8,10-15H2,1H3. The Balaban J connectivity index is 1.42. The summed E-state index contributed by atoms with van der Waals surface area (Å²) in [5.74, 6) is 2.33. The second-order valence-electron chi connectivity index (χ2n) is 9.20. The van der Waals surface area contributed by atoms with Crippen molar-refractivity contribution < 1.29 is 14.3 Å². The van der Waals surface area contributed by atoms with Gasteiger partial charge in [0.1, 0.15) is 0 Å². The van der Waals surface area contributed by atoms with Gasteiger partial charge in [-0.2, -0.15) is 0 Å². The van der Waals surface area contributed by atoms with Gasteiger partial charge in [0, 0.05) is 32.0 Å². The molecule has 0 spiro atoms. The zero-order valence-electron chi connectivity index (χ0n) is 17.0. The molecule has 0 aliphatic heterocycles. The third kappa shape index (κ3) is 4.11. The van der Waals surface area contributed by atoms with Crippen molar-refractivity contribution in [3.8, 4) is 0 Å². The third-order valence-electron chi connectivity index (χ3n) is 7.07. The molecule has 0 N–H and O–H groups in total. The van der Waals surface area contributed by atoms with Crippen LogP contribution >= 0.6 is 0 Å². The number of esters is 1. The summed E-state index contributed by atoms with van der Waals surface area (Å²) in [6.07, 6.45) is 13.9. The molecule has 4 bridgehead atoms. The summed E-state index contributed by atoms with van der Waals surface area (Å²) in [5, 5.41) is 0. The molecule has 28 heavy (non-hydrogen) atoms. The number of ether oxygens (including phenoxy) is 1. The predicted molar refractivity (Wildman–Crippen MR) is 105 cm³/mol. The van der Waals surface area contributed by atoms with Gasteiger partial charge in [0.15, 0.2) is 0 Å². The zero-order valence-corrected chi connectivity index (χ0v) is 17.0. The monoisotopic (exact) mass is 387 g/mol. The number of carbonyl (C=O) groups excluding carboxylic acids is 2. The van der Waals surface area contributed by atoms with Crippen molar-refractivity contribution in [3.05, 3.63) is 18.7 Å². The zero-order chi connectivity index (χ0) is 19.6. The molecule has 0 aromatic carbocycles. The number of aromatic nitrogens is 2. The molecule has 1 amide bonds. The van der Waals surface area contributed by atoms with Crippen molar-refractivity contribution in [1.82, 2.24) is 14.5 Å². The number of hydrogen-bond acceptors (Lipinski definition) is 4. The van der Waals surface area contributed by atoms with Gasteiger partial charge in [-0.1, -0.05) is 0 Å². The average molecular weight is 388 g/mol. The van der Waals surface area contributed by atoms with Gasteiger partial charge in [-0.15, -0.1) is 0 Å². The maximum absolute atomic E-state index is 13.7.